The Labute approximate surface area is 122 Å². The second-order valence-corrected chi connectivity index (χ2v) is 4.56. The maximum Gasteiger partial charge on any atom is 0.407 e. The monoisotopic (exact) mass is 289 g/mol. The number of nitrogens with one attached hydrogen (secondary N) is 3. The van der Waals surface area contributed by atoms with E-state index in [9.17, 15) is 9.59 Å². The number of carbonyl (C=O) groups excluding carboxylic acids is 2. The fourth-order valence-corrected chi connectivity index (χ4v) is 1.97. The van der Waals surface area contributed by atoms with Crippen LogP contribution in [0.15, 0.2) is 30.3 Å². The van der Waals surface area contributed by atoms with Crippen LogP contribution < -0.4 is 10.6 Å². The van der Waals surface area contributed by atoms with Gasteiger partial charge in [-0.3, -0.25) is 4.79 Å². The first-order valence-corrected chi connectivity index (χ1v) is 6.93. The van der Waals surface area contributed by atoms with Crippen molar-refractivity contribution in [2.24, 2.45) is 0 Å². The second kappa shape index (κ2) is 7.33. The SMILES string of the molecule is CCOC(=O)NCCC(=O)NCc1cc2ccccc2[nH]1. The summed E-state index contributed by atoms with van der Waals surface area (Å²) in [6.07, 6.45) is -0.278. The molecule has 2 aromatic rings. The second-order valence-electron chi connectivity index (χ2n) is 4.56. The van der Waals surface area contributed by atoms with Crippen LogP contribution in [0.3, 0.4) is 0 Å². The maximum atomic E-state index is 11.7. The predicted octanol–water partition coefficient (Wildman–Crippen LogP) is 1.92. The summed E-state index contributed by atoms with van der Waals surface area (Å²) >= 11 is 0. The number of carbonyl (C=O) groups is 2. The lowest BCUT2D eigenvalue weighted by atomic mass is 10.2. The lowest BCUT2D eigenvalue weighted by Gasteiger charge is -2.06. The molecule has 6 nitrogen and oxygen atoms in total. The zero-order chi connectivity index (χ0) is 15.1. The lowest BCUT2D eigenvalue weighted by molar-refractivity contribution is -0.121. The summed E-state index contributed by atoms with van der Waals surface area (Å²) in [5, 5.41) is 6.42. The van der Waals surface area contributed by atoms with Crippen LogP contribution in [-0.2, 0) is 16.1 Å². The Kier molecular flexibility index (Phi) is 5.20. The van der Waals surface area contributed by atoms with Crippen molar-refractivity contribution in [3.63, 3.8) is 0 Å². The first kappa shape index (κ1) is 14.9. The Balaban J connectivity index is 1.72. The summed E-state index contributed by atoms with van der Waals surface area (Å²) in [5.41, 5.74) is 1.99. The molecule has 0 saturated heterocycles. The number of benzene rings is 1. The molecule has 0 radical (unpaired) electrons. The molecule has 1 heterocycles. The highest BCUT2D eigenvalue weighted by Crippen LogP contribution is 2.14. The smallest absolute Gasteiger partial charge is 0.407 e. The number of ether oxygens (including phenoxy) is 1. The molecule has 21 heavy (non-hydrogen) atoms. The van der Waals surface area contributed by atoms with E-state index in [0.717, 1.165) is 16.6 Å². The summed E-state index contributed by atoms with van der Waals surface area (Å²) in [6.45, 7) is 2.75. The van der Waals surface area contributed by atoms with Gasteiger partial charge in [-0.25, -0.2) is 4.79 Å². The van der Waals surface area contributed by atoms with Gasteiger partial charge in [0, 0.05) is 24.2 Å². The van der Waals surface area contributed by atoms with Crippen LogP contribution in [0.25, 0.3) is 10.9 Å². The minimum Gasteiger partial charge on any atom is -0.450 e. The highest BCUT2D eigenvalue weighted by Gasteiger charge is 2.05. The van der Waals surface area contributed by atoms with Crippen molar-refractivity contribution in [2.45, 2.75) is 19.9 Å². The molecule has 0 aliphatic heterocycles. The normalized spacial score (nSPS) is 10.3. The number of aromatic nitrogens is 1. The number of H-pyrrole nitrogens is 1. The van der Waals surface area contributed by atoms with Crippen LogP contribution in [0.4, 0.5) is 4.79 Å². The Morgan fingerprint density at radius 2 is 2.05 bits per heavy atom. The predicted molar refractivity (Wildman–Crippen MR) is 79.8 cm³/mol. The van der Waals surface area contributed by atoms with Crippen LogP contribution in [0.5, 0.6) is 0 Å². The third kappa shape index (κ3) is 4.52. The van der Waals surface area contributed by atoms with Crippen molar-refractivity contribution in [1.82, 2.24) is 15.6 Å². The van der Waals surface area contributed by atoms with Crippen LogP contribution in [0.2, 0.25) is 0 Å². The summed E-state index contributed by atoms with van der Waals surface area (Å²) in [5.74, 6) is -0.120. The summed E-state index contributed by atoms with van der Waals surface area (Å²) < 4.78 is 4.70. The van der Waals surface area contributed by atoms with Crippen LogP contribution in [0.1, 0.15) is 19.0 Å². The van der Waals surface area contributed by atoms with Gasteiger partial charge in [-0.05, 0) is 24.4 Å². The highest BCUT2D eigenvalue weighted by molar-refractivity contribution is 5.81. The first-order valence-electron chi connectivity index (χ1n) is 6.93. The number of para-hydroxylation sites is 1. The molecule has 0 unspecified atom stereocenters. The number of rotatable bonds is 6. The molecule has 2 rings (SSSR count). The van der Waals surface area contributed by atoms with Crippen LogP contribution in [-0.4, -0.2) is 30.1 Å². The highest BCUT2D eigenvalue weighted by atomic mass is 16.5. The molecular formula is C15H19N3O3. The zero-order valence-corrected chi connectivity index (χ0v) is 11.9. The van der Waals surface area contributed by atoms with E-state index in [-0.39, 0.29) is 18.9 Å². The van der Waals surface area contributed by atoms with Gasteiger partial charge in [0.15, 0.2) is 0 Å². The standard InChI is InChI=1S/C15H19N3O3/c1-2-21-15(20)16-8-7-14(19)17-10-12-9-11-5-3-4-6-13(11)18-12/h3-6,9,18H,2,7-8,10H2,1H3,(H,16,20)(H,17,19). The van der Waals surface area contributed by atoms with E-state index < -0.39 is 6.09 Å². The lowest BCUT2D eigenvalue weighted by Crippen LogP contribution is -2.30. The molecule has 2 amide bonds. The minimum atomic E-state index is -0.499. The van der Waals surface area contributed by atoms with Crippen molar-refractivity contribution in [3.05, 3.63) is 36.0 Å². The third-order valence-electron chi connectivity index (χ3n) is 2.96. The molecule has 3 N–H and O–H groups in total. The number of hydrogen-bond acceptors (Lipinski definition) is 3. The molecule has 0 bridgehead atoms. The molecule has 6 heteroatoms. The molecule has 0 spiro atoms. The number of amides is 2. The molecule has 0 fully saturated rings. The van der Waals surface area contributed by atoms with Gasteiger partial charge < -0.3 is 20.4 Å². The Bertz CT molecular complexity index is 588. The summed E-state index contributed by atoms with van der Waals surface area (Å²) in [7, 11) is 0. The van der Waals surface area contributed by atoms with Crippen molar-refractivity contribution >= 4 is 22.9 Å². The largest absolute Gasteiger partial charge is 0.450 e. The molecule has 0 atom stereocenters. The van der Waals surface area contributed by atoms with Gasteiger partial charge in [0.25, 0.3) is 0 Å². The first-order chi connectivity index (χ1) is 10.2. The number of alkyl carbamates (subject to hydrolysis) is 1. The Morgan fingerprint density at radius 1 is 1.24 bits per heavy atom. The average molecular weight is 289 g/mol. The van der Waals surface area contributed by atoms with Gasteiger partial charge in [-0.2, -0.15) is 0 Å². The molecular weight excluding hydrogens is 270 g/mol. The molecule has 1 aromatic carbocycles. The average Bonchev–Trinajstić information content (AvgIpc) is 2.88. The van der Waals surface area contributed by atoms with Crippen LogP contribution in [0, 0.1) is 0 Å². The summed E-state index contributed by atoms with van der Waals surface area (Å²) in [6, 6.07) is 9.94. The molecule has 0 aliphatic rings. The van der Waals surface area contributed by atoms with Gasteiger partial charge >= 0.3 is 6.09 Å². The fourth-order valence-electron chi connectivity index (χ4n) is 1.97. The van der Waals surface area contributed by atoms with Gasteiger partial charge in [0.2, 0.25) is 5.91 Å². The van der Waals surface area contributed by atoms with Crippen LogP contribution >= 0.6 is 0 Å². The number of hydrogen-bond donors (Lipinski definition) is 3. The van der Waals surface area contributed by atoms with E-state index in [0.29, 0.717) is 13.2 Å². The van der Waals surface area contributed by atoms with Gasteiger partial charge in [0.05, 0.1) is 13.2 Å². The Morgan fingerprint density at radius 3 is 2.81 bits per heavy atom. The third-order valence-corrected chi connectivity index (χ3v) is 2.96. The van der Waals surface area contributed by atoms with Gasteiger partial charge in [0.1, 0.15) is 0 Å². The van der Waals surface area contributed by atoms with Crippen molar-refractivity contribution in [2.75, 3.05) is 13.2 Å². The quantitative estimate of drug-likeness (QED) is 0.759. The van der Waals surface area contributed by atoms with E-state index in [4.69, 9.17) is 4.74 Å². The topological polar surface area (TPSA) is 83.2 Å². The Hall–Kier alpha value is -2.50. The zero-order valence-electron chi connectivity index (χ0n) is 11.9. The number of fused-ring (bicyclic) bond motifs is 1. The van der Waals surface area contributed by atoms with Crippen molar-refractivity contribution in [1.29, 1.82) is 0 Å². The fraction of sp³-hybridized carbons (Fsp3) is 0.333. The van der Waals surface area contributed by atoms with Gasteiger partial charge in [-0.1, -0.05) is 18.2 Å². The molecule has 0 aliphatic carbocycles. The van der Waals surface area contributed by atoms with E-state index in [1.165, 1.54) is 0 Å². The summed E-state index contributed by atoms with van der Waals surface area (Å²) in [4.78, 5) is 25.9. The van der Waals surface area contributed by atoms with E-state index in [1.54, 1.807) is 6.92 Å². The molecule has 112 valence electrons. The van der Waals surface area contributed by atoms with Crippen molar-refractivity contribution < 1.29 is 14.3 Å². The van der Waals surface area contributed by atoms with E-state index >= 15 is 0 Å². The van der Waals surface area contributed by atoms with E-state index in [1.807, 2.05) is 30.3 Å². The van der Waals surface area contributed by atoms with Crippen molar-refractivity contribution in [3.8, 4) is 0 Å². The van der Waals surface area contributed by atoms with E-state index in [2.05, 4.69) is 15.6 Å². The minimum absolute atomic E-state index is 0.120. The molecule has 1 aromatic heterocycles. The van der Waals surface area contributed by atoms with Gasteiger partial charge in [-0.15, -0.1) is 0 Å². The number of aromatic amines is 1. The molecule has 0 saturated carbocycles. The maximum absolute atomic E-state index is 11.7.